The van der Waals surface area contributed by atoms with Crippen LogP contribution in [0.5, 0.6) is 0 Å². The number of hydrogen-bond acceptors (Lipinski definition) is 9. The number of rotatable bonds is 45. The van der Waals surface area contributed by atoms with Gasteiger partial charge in [0.2, 0.25) is 0 Å². The van der Waals surface area contributed by atoms with Crippen molar-refractivity contribution in [2.45, 2.75) is 232 Å². The third kappa shape index (κ3) is 42.7. The Labute approximate surface area is 361 Å². The SMILES string of the molecule is CC/C=C\C/C=C\C/C=C\CCCCCCCC(=O)OC(CO)COP(=O)(O)OCC(CO)OC(=O)CCCCCCCCCCCCCCCCCCCCCCC. The number of allylic oxidation sites excluding steroid dienone is 6. The summed E-state index contributed by atoms with van der Waals surface area (Å²) < 4.78 is 32.6. The van der Waals surface area contributed by atoms with E-state index in [2.05, 4.69) is 50.3 Å². The number of unbranched alkanes of at least 4 members (excludes halogenated alkanes) is 25. The molecule has 0 aromatic heterocycles. The van der Waals surface area contributed by atoms with Gasteiger partial charge in [0.15, 0.2) is 0 Å². The molecule has 0 aromatic rings. The molecule has 10 nitrogen and oxygen atoms in total. The summed E-state index contributed by atoms with van der Waals surface area (Å²) in [6.45, 7) is 2.11. The summed E-state index contributed by atoms with van der Waals surface area (Å²) in [6, 6.07) is 0. The van der Waals surface area contributed by atoms with Crippen LogP contribution in [0.2, 0.25) is 0 Å². The zero-order chi connectivity index (χ0) is 43.3. The first-order chi connectivity index (χ1) is 28.8. The van der Waals surface area contributed by atoms with Crippen LogP contribution in [0.25, 0.3) is 0 Å². The normalized spacial score (nSPS) is 14.1. The van der Waals surface area contributed by atoms with Gasteiger partial charge in [0.1, 0.15) is 12.2 Å². The first-order valence-corrected chi connectivity index (χ1v) is 25.4. The molecular formula is C48H89O10P. The molecule has 0 radical (unpaired) electrons. The van der Waals surface area contributed by atoms with Crippen LogP contribution >= 0.6 is 7.82 Å². The van der Waals surface area contributed by atoms with E-state index in [9.17, 15) is 29.3 Å². The average molecular weight is 857 g/mol. The number of phosphoric acid groups is 1. The van der Waals surface area contributed by atoms with Gasteiger partial charge >= 0.3 is 19.8 Å². The summed E-state index contributed by atoms with van der Waals surface area (Å²) in [5, 5.41) is 19.2. The highest BCUT2D eigenvalue weighted by atomic mass is 31.2. The van der Waals surface area contributed by atoms with E-state index < -0.39 is 58.4 Å². The summed E-state index contributed by atoms with van der Waals surface area (Å²) >= 11 is 0. The molecule has 0 aliphatic heterocycles. The molecule has 0 heterocycles. The van der Waals surface area contributed by atoms with Gasteiger partial charge < -0.3 is 24.6 Å². The first-order valence-electron chi connectivity index (χ1n) is 23.9. The van der Waals surface area contributed by atoms with E-state index in [1.165, 1.54) is 109 Å². The molecule has 346 valence electrons. The third-order valence-corrected chi connectivity index (χ3v) is 11.3. The highest BCUT2D eigenvalue weighted by Gasteiger charge is 2.27. The van der Waals surface area contributed by atoms with Gasteiger partial charge in [-0.2, -0.15) is 0 Å². The predicted molar refractivity (Wildman–Crippen MR) is 242 cm³/mol. The minimum absolute atomic E-state index is 0.173. The van der Waals surface area contributed by atoms with E-state index in [0.29, 0.717) is 12.8 Å². The summed E-state index contributed by atoms with van der Waals surface area (Å²) in [6.07, 6.45) is 46.9. The number of carbonyl (C=O) groups is 2. The maximum absolute atomic E-state index is 12.4. The largest absolute Gasteiger partial charge is 0.472 e. The summed E-state index contributed by atoms with van der Waals surface area (Å²) in [5.74, 6) is -1.03. The molecule has 59 heavy (non-hydrogen) atoms. The van der Waals surface area contributed by atoms with Crippen molar-refractivity contribution in [2.24, 2.45) is 0 Å². The van der Waals surface area contributed by atoms with Crippen molar-refractivity contribution in [3.05, 3.63) is 36.5 Å². The van der Waals surface area contributed by atoms with E-state index in [-0.39, 0.29) is 12.8 Å². The van der Waals surface area contributed by atoms with Crippen LogP contribution in [0.4, 0.5) is 0 Å². The Morgan fingerprint density at radius 1 is 0.475 bits per heavy atom. The molecule has 0 saturated carbocycles. The fourth-order valence-corrected chi connectivity index (χ4v) is 7.50. The quantitative estimate of drug-likeness (QED) is 0.0234. The number of esters is 2. The van der Waals surface area contributed by atoms with Gasteiger partial charge in [0.05, 0.1) is 26.4 Å². The van der Waals surface area contributed by atoms with E-state index >= 15 is 0 Å². The fourth-order valence-electron chi connectivity index (χ4n) is 6.72. The van der Waals surface area contributed by atoms with Gasteiger partial charge in [-0.05, 0) is 44.9 Å². The van der Waals surface area contributed by atoms with Crippen molar-refractivity contribution >= 4 is 19.8 Å². The van der Waals surface area contributed by atoms with E-state index in [4.69, 9.17) is 18.5 Å². The van der Waals surface area contributed by atoms with Crippen molar-refractivity contribution in [3.63, 3.8) is 0 Å². The molecule has 0 fully saturated rings. The van der Waals surface area contributed by atoms with Crippen LogP contribution < -0.4 is 0 Å². The molecule has 3 atom stereocenters. The monoisotopic (exact) mass is 857 g/mol. The molecule has 3 unspecified atom stereocenters. The molecule has 0 bridgehead atoms. The van der Waals surface area contributed by atoms with Crippen LogP contribution in [0.15, 0.2) is 36.5 Å². The topological polar surface area (TPSA) is 149 Å². The van der Waals surface area contributed by atoms with Gasteiger partial charge in [0.25, 0.3) is 0 Å². The zero-order valence-corrected chi connectivity index (χ0v) is 38.6. The van der Waals surface area contributed by atoms with Gasteiger partial charge in [-0.25, -0.2) is 4.57 Å². The standard InChI is InChI=1S/C48H89O10P/c1-3-5-7-9-11-13-15-17-19-20-21-22-23-24-26-28-30-32-34-36-38-40-48(52)58-46(42-50)44-56-59(53,54)55-43-45(41-49)57-47(51)39-37-35-33-31-29-27-25-18-16-14-12-10-8-6-4-2/h6,8,12,14,18,25,45-46,49-50H,3-5,7,9-11,13,15-17,19-24,26-44H2,1-2H3,(H,53,54)/b8-6-,14-12-,25-18-. The Hall–Kier alpha value is -1.81. The molecule has 0 aromatic carbocycles. The molecule has 0 rings (SSSR count). The molecule has 3 N–H and O–H groups in total. The first kappa shape index (κ1) is 57.2. The lowest BCUT2D eigenvalue weighted by atomic mass is 10.0. The Kier molecular flexibility index (Phi) is 42.9. The molecule has 0 amide bonds. The Balaban J connectivity index is 3.85. The number of aliphatic hydroxyl groups is 2. The van der Waals surface area contributed by atoms with Gasteiger partial charge in [-0.1, -0.05) is 198 Å². The van der Waals surface area contributed by atoms with Crippen molar-refractivity contribution < 1.29 is 47.8 Å². The highest BCUT2D eigenvalue weighted by molar-refractivity contribution is 7.47. The third-order valence-electron chi connectivity index (χ3n) is 10.4. The lowest BCUT2D eigenvalue weighted by Gasteiger charge is -2.20. The number of phosphoric ester groups is 1. The maximum Gasteiger partial charge on any atom is 0.472 e. The van der Waals surface area contributed by atoms with Gasteiger partial charge in [-0.15, -0.1) is 0 Å². The lowest BCUT2D eigenvalue weighted by Crippen LogP contribution is -2.28. The van der Waals surface area contributed by atoms with Crippen molar-refractivity contribution in [1.29, 1.82) is 0 Å². The van der Waals surface area contributed by atoms with Crippen LogP contribution in [-0.2, 0) is 32.7 Å². The van der Waals surface area contributed by atoms with Gasteiger partial charge in [0, 0.05) is 12.8 Å². The van der Waals surface area contributed by atoms with Crippen LogP contribution in [0.3, 0.4) is 0 Å². The van der Waals surface area contributed by atoms with E-state index in [0.717, 1.165) is 70.6 Å². The number of carbonyl (C=O) groups excluding carboxylic acids is 2. The molecule has 11 heteroatoms. The average Bonchev–Trinajstić information content (AvgIpc) is 3.22. The van der Waals surface area contributed by atoms with Crippen molar-refractivity contribution in [1.82, 2.24) is 0 Å². The fraction of sp³-hybridized carbons (Fsp3) is 0.833. The second-order valence-electron chi connectivity index (χ2n) is 16.1. The Morgan fingerprint density at radius 2 is 0.797 bits per heavy atom. The second kappa shape index (κ2) is 44.3. The van der Waals surface area contributed by atoms with Crippen molar-refractivity contribution in [2.75, 3.05) is 26.4 Å². The smallest absolute Gasteiger partial charge is 0.457 e. The minimum Gasteiger partial charge on any atom is -0.457 e. The molecular weight excluding hydrogens is 767 g/mol. The Bertz CT molecular complexity index is 1080. The maximum atomic E-state index is 12.4. The zero-order valence-electron chi connectivity index (χ0n) is 37.7. The predicted octanol–water partition coefficient (Wildman–Crippen LogP) is 13.1. The molecule has 0 spiro atoms. The summed E-state index contributed by atoms with van der Waals surface area (Å²) in [4.78, 5) is 34.6. The summed E-state index contributed by atoms with van der Waals surface area (Å²) in [7, 11) is -4.64. The van der Waals surface area contributed by atoms with Crippen LogP contribution in [0, 0.1) is 0 Å². The molecule has 0 saturated heterocycles. The number of ether oxygens (including phenoxy) is 2. The van der Waals surface area contributed by atoms with E-state index in [1.807, 2.05) is 0 Å². The van der Waals surface area contributed by atoms with E-state index in [1.54, 1.807) is 0 Å². The van der Waals surface area contributed by atoms with Gasteiger partial charge in [-0.3, -0.25) is 18.6 Å². The lowest BCUT2D eigenvalue weighted by molar-refractivity contribution is -0.153. The number of aliphatic hydroxyl groups excluding tert-OH is 2. The molecule has 0 aliphatic carbocycles. The number of hydrogen-bond donors (Lipinski definition) is 3. The molecule has 0 aliphatic rings. The van der Waals surface area contributed by atoms with Crippen LogP contribution in [0.1, 0.15) is 219 Å². The summed E-state index contributed by atoms with van der Waals surface area (Å²) in [5.41, 5.74) is 0. The Morgan fingerprint density at radius 3 is 1.15 bits per heavy atom. The second-order valence-corrected chi connectivity index (χ2v) is 17.5. The minimum atomic E-state index is -4.64. The van der Waals surface area contributed by atoms with Crippen molar-refractivity contribution in [3.8, 4) is 0 Å². The highest BCUT2D eigenvalue weighted by Crippen LogP contribution is 2.43. The van der Waals surface area contributed by atoms with Crippen LogP contribution in [-0.4, -0.2) is 65.7 Å².